The number of nitrogens with zero attached hydrogens (tertiary/aromatic N) is 4. The summed E-state index contributed by atoms with van der Waals surface area (Å²) in [6, 6.07) is 2.04. The van der Waals surface area contributed by atoms with E-state index in [-0.39, 0.29) is 0 Å². The van der Waals surface area contributed by atoms with Crippen molar-refractivity contribution in [1.29, 1.82) is 0 Å². The Bertz CT molecular complexity index is 392. The zero-order chi connectivity index (χ0) is 14.4. The van der Waals surface area contributed by atoms with Crippen LogP contribution in [0.5, 0.6) is 0 Å². The zero-order valence-electron chi connectivity index (χ0n) is 12.6. The Morgan fingerprint density at radius 2 is 1.95 bits per heavy atom. The first-order chi connectivity index (χ1) is 9.78. The molecule has 3 N–H and O–H groups in total. The molecule has 112 valence electrons. The average molecular weight is 278 g/mol. The second kappa shape index (κ2) is 7.28. The minimum Gasteiger partial charge on any atom is -0.369 e. The van der Waals surface area contributed by atoms with Gasteiger partial charge in [0.2, 0.25) is 5.95 Å². The molecule has 6 heteroatoms. The van der Waals surface area contributed by atoms with Crippen molar-refractivity contribution < 1.29 is 0 Å². The van der Waals surface area contributed by atoms with Crippen LogP contribution in [0.15, 0.2) is 6.07 Å². The van der Waals surface area contributed by atoms with Gasteiger partial charge in [0.25, 0.3) is 0 Å². The summed E-state index contributed by atoms with van der Waals surface area (Å²) < 4.78 is 0. The maximum atomic E-state index is 5.56. The van der Waals surface area contributed by atoms with E-state index in [9.17, 15) is 0 Å². The largest absolute Gasteiger partial charge is 0.369 e. The van der Waals surface area contributed by atoms with Crippen LogP contribution in [-0.4, -0.2) is 49.2 Å². The molecule has 0 radical (unpaired) electrons. The molecule has 0 unspecified atom stereocenters. The van der Waals surface area contributed by atoms with E-state index in [2.05, 4.69) is 33.9 Å². The smallest absolute Gasteiger partial charge is 0.229 e. The number of nitrogens with two attached hydrogens (primary N) is 1. The van der Waals surface area contributed by atoms with Gasteiger partial charge >= 0.3 is 0 Å². The van der Waals surface area contributed by atoms with Gasteiger partial charge in [0.05, 0.1) is 0 Å². The Balaban J connectivity index is 2.27. The van der Waals surface area contributed by atoms with Crippen molar-refractivity contribution in [2.75, 3.05) is 54.4 Å². The van der Waals surface area contributed by atoms with Crippen LogP contribution in [0.3, 0.4) is 0 Å². The minimum atomic E-state index is 0.601. The van der Waals surface area contributed by atoms with Gasteiger partial charge in [-0.3, -0.25) is 0 Å². The Morgan fingerprint density at radius 1 is 1.25 bits per heavy atom. The number of hydrogen-bond donors (Lipinski definition) is 2. The molecule has 20 heavy (non-hydrogen) atoms. The van der Waals surface area contributed by atoms with Crippen molar-refractivity contribution in [2.24, 2.45) is 5.73 Å². The van der Waals surface area contributed by atoms with Gasteiger partial charge in [-0.15, -0.1) is 0 Å². The van der Waals surface area contributed by atoms with Gasteiger partial charge in [0, 0.05) is 45.3 Å². The fourth-order valence-corrected chi connectivity index (χ4v) is 2.47. The van der Waals surface area contributed by atoms with Gasteiger partial charge in [0.1, 0.15) is 11.6 Å². The van der Waals surface area contributed by atoms with Crippen LogP contribution in [0.25, 0.3) is 0 Å². The highest BCUT2D eigenvalue weighted by Gasteiger charge is 2.17. The standard InChI is InChI=1S/C14H26N6/c1-3-19(4-2)14-17-12(16-8-7-15)11-13(18-14)20-9-5-6-10-20/h11H,3-10,15H2,1-2H3,(H,16,17,18). The normalized spacial score (nSPS) is 14.7. The van der Waals surface area contributed by atoms with Crippen LogP contribution in [0, 0.1) is 0 Å². The summed E-state index contributed by atoms with van der Waals surface area (Å²) in [7, 11) is 0. The maximum absolute atomic E-state index is 5.56. The highest BCUT2D eigenvalue weighted by molar-refractivity contribution is 5.54. The van der Waals surface area contributed by atoms with Crippen molar-refractivity contribution >= 4 is 17.6 Å². The first kappa shape index (κ1) is 14.8. The number of aromatic nitrogens is 2. The monoisotopic (exact) mass is 278 g/mol. The Kier molecular flexibility index (Phi) is 5.40. The molecule has 1 aliphatic heterocycles. The van der Waals surface area contributed by atoms with Crippen LogP contribution in [0.1, 0.15) is 26.7 Å². The van der Waals surface area contributed by atoms with Crippen molar-refractivity contribution in [3.05, 3.63) is 6.07 Å². The molecule has 6 nitrogen and oxygen atoms in total. The van der Waals surface area contributed by atoms with Crippen LogP contribution in [0.2, 0.25) is 0 Å². The van der Waals surface area contributed by atoms with Gasteiger partial charge in [-0.1, -0.05) is 0 Å². The van der Waals surface area contributed by atoms with Crippen LogP contribution < -0.4 is 20.9 Å². The summed E-state index contributed by atoms with van der Waals surface area (Å²) >= 11 is 0. The molecule has 0 bridgehead atoms. The zero-order valence-corrected chi connectivity index (χ0v) is 12.6. The minimum absolute atomic E-state index is 0.601. The number of hydrogen-bond acceptors (Lipinski definition) is 6. The van der Waals surface area contributed by atoms with E-state index < -0.39 is 0 Å². The predicted molar refractivity (Wildman–Crippen MR) is 84.6 cm³/mol. The third-order valence-corrected chi connectivity index (χ3v) is 3.63. The third-order valence-electron chi connectivity index (χ3n) is 3.63. The van der Waals surface area contributed by atoms with Crippen molar-refractivity contribution in [3.63, 3.8) is 0 Å². The number of nitrogens with one attached hydrogen (secondary N) is 1. The van der Waals surface area contributed by atoms with Crippen molar-refractivity contribution in [3.8, 4) is 0 Å². The molecule has 1 saturated heterocycles. The van der Waals surface area contributed by atoms with E-state index in [0.29, 0.717) is 6.54 Å². The lowest BCUT2D eigenvalue weighted by Crippen LogP contribution is -2.27. The van der Waals surface area contributed by atoms with Crippen LogP contribution in [-0.2, 0) is 0 Å². The highest BCUT2D eigenvalue weighted by atomic mass is 15.3. The molecule has 1 fully saturated rings. The van der Waals surface area contributed by atoms with Crippen molar-refractivity contribution in [2.45, 2.75) is 26.7 Å². The second-order valence-electron chi connectivity index (χ2n) is 4.99. The van der Waals surface area contributed by atoms with Gasteiger partial charge in [0.15, 0.2) is 0 Å². The summed E-state index contributed by atoms with van der Waals surface area (Å²) in [5, 5.41) is 3.27. The van der Waals surface area contributed by atoms with E-state index in [1.54, 1.807) is 0 Å². The molecular weight excluding hydrogens is 252 g/mol. The molecule has 0 amide bonds. The molecule has 0 spiro atoms. The van der Waals surface area contributed by atoms with E-state index in [1.165, 1.54) is 12.8 Å². The average Bonchev–Trinajstić information content (AvgIpc) is 3.00. The molecular formula is C14H26N6. The van der Waals surface area contributed by atoms with E-state index in [0.717, 1.165) is 50.3 Å². The van der Waals surface area contributed by atoms with E-state index in [1.807, 2.05) is 6.07 Å². The molecule has 2 rings (SSSR count). The summed E-state index contributed by atoms with van der Waals surface area (Å²) in [5.41, 5.74) is 5.56. The first-order valence-electron chi connectivity index (χ1n) is 7.61. The fourth-order valence-electron chi connectivity index (χ4n) is 2.47. The molecule has 1 aromatic rings. The van der Waals surface area contributed by atoms with Gasteiger partial charge in [-0.05, 0) is 26.7 Å². The fraction of sp³-hybridized carbons (Fsp3) is 0.714. The molecule has 1 aliphatic rings. The Hall–Kier alpha value is -1.56. The summed E-state index contributed by atoms with van der Waals surface area (Å²) in [5.74, 6) is 2.70. The number of rotatable bonds is 7. The molecule has 0 aromatic carbocycles. The van der Waals surface area contributed by atoms with E-state index in [4.69, 9.17) is 10.7 Å². The Morgan fingerprint density at radius 3 is 2.55 bits per heavy atom. The summed E-state index contributed by atoms with van der Waals surface area (Å²) in [6.07, 6.45) is 2.49. The van der Waals surface area contributed by atoms with Crippen molar-refractivity contribution in [1.82, 2.24) is 9.97 Å². The maximum Gasteiger partial charge on any atom is 0.229 e. The lowest BCUT2D eigenvalue weighted by atomic mass is 10.4. The molecule has 0 aliphatic carbocycles. The SMILES string of the molecule is CCN(CC)c1nc(NCCN)cc(N2CCCC2)n1. The van der Waals surface area contributed by atoms with Gasteiger partial charge in [-0.25, -0.2) is 0 Å². The quantitative estimate of drug-likeness (QED) is 0.783. The predicted octanol–water partition coefficient (Wildman–Crippen LogP) is 1.29. The highest BCUT2D eigenvalue weighted by Crippen LogP contribution is 2.23. The Labute approximate surface area is 121 Å². The second-order valence-corrected chi connectivity index (χ2v) is 4.99. The molecule has 2 heterocycles. The summed E-state index contributed by atoms with van der Waals surface area (Å²) in [4.78, 5) is 13.9. The van der Waals surface area contributed by atoms with Crippen LogP contribution in [0.4, 0.5) is 17.6 Å². The topological polar surface area (TPSA) is 70.3 Å². The lowest BCUT2D eigenvalue weighted by molar-refractivity contribution is 0.812. The molecule has 0 saturated carbocycles. The van der Waals surface area contributed by atoms with Gasteiger partial charge in [-0.2, -0.15) is 9.97 Å². The molecule has 0 atom stereocenters. The van der Waals surface area contributed by atoms with E-state index >= 15 is 0 Å². The summed E-state index contributed by atoms with van der Waals surface area (Å²) in [6.45, 7) is 9.59. The molecule has 1 aromatic heterocycles. The first-order valence-corrected chi connectivity index (χ1v) is 7.61. The number of anilines is 3. The third kappa shape index (κ3) is 3.50. The lowest BCUT2D eigenvalue weighted by Gasteiger charge is -2.23. The van der Waals surface area contributed by atoms with Gasteiger partial charge < -0.3 is 20.9 Å². The van der Waals surface area contributed by atoms with Crippen LogP contribution >= 0.6 is 0 Å².